The minimum atomic E-state index is -1.19. The Labute approximate surface area is 108 Å². The standard InChI is InChI=1S/C12H12O7/c1-7(13)9-3-2-8(18-5-11(14)15)4-10(9)19-6-12(16)17/h2-4H,5-6H2,1H3,(H,14,15)(H,16,17). The topological polar surface area (TPSA) is 110 Å². The van der Waals surface area contributed by atoms with Crippen molar-refractivity contribution in [1.82, 2.24) is 0 Å². The first-order valence-corrected chi connectivity index (χ1v) is 5.24. The van der Waals surface area contributed by atoms with Gasteiger partial charge in [0.25, 0.3) is 0 Å². The molecule has 0 amide bonds. The smallest absolute Gasteiger partial charge is 0.341 e. The Hall–Kier alpha value is -2.57. The molecule has 0 aromatic heterocycles. The fourth-order valence-corrected chi connectivity index (χ4v) is 1.29. The molecule has 102 valence electrons. The molecule has 0 radical (unpaired) electrons. The Balaban J connectivity index is 2.93. The van der Waals surface area contributed by atoms with Gasteiger partial charge >= 0.3 is 11.9 Å². The van der Waals surface area contributed by atoms with Crippen LogP contribution in [0.4, 0.5) is 0 Å². The third-order valence-corrected chi connectivity index (χ3v) is 2.05. The highest BCUT2D eigenvalue weighted by Crippen LogP contribution is 2.25. The molecular formula is C12H12O7. The second-order valence-electron chi connectivity index (χ2n) is 3.58. The van der Waals surface area contributed by atoms with Crippen molar-refractivity contribution < 1.29 is 34.1 Å². The number of carbonyl (C=O) groups is 3. The molecule has 0 unspecified atom stereocenters. The molecular weight excluding hydrogens is 256 g/mol. The van der Waals surface area contributed by atoms with E-state index in [1.807, 2.05) is 0 Å². The van der Waals surface area contributed by atoms with E-state index in [2.05, 4.69) is 0 Å². The van der Waals surface area contributed by atoms with Crippen LogP contribution < -0.4 is 9.47 Å². The van der Waals surface area contributed by atoms with Gasteiger partial charge in [0.05, 0.1) is 5.56 Å². The summed E-state index contributed by atoms with van der Waals surface area (Å²) in [5.41, 5.74) is 0.198. The van der Waals surface area contributed by atoms with Crippen LogP contribution >= 0.6 is 0 Å². The van der Waals surface area contributed by atoms with Gasteiger partial charge in [-0.25, -0.2) is 9.59 Å². The van der Waals surface area contributed by atoms with E-state index in [9.17, 15) is 14.4 Å². The molecule has 0 bridgehead atoms. The van der Waals surface area contributed by atoms with Crippen LogP contribution in [-0.2, 0) is 9.59 Å². The van der Waals surface area contributed by atoms with Crippen LogP contribution in [0.3, 0.4) is 0 Å². The van der Waals surface area contributed by atoms with Crippen LogP contribution in [0.2, 0.25) is 0 Å². The first kappa shape index (κ1) is 14.5. The van der Waals surface area contributed by atoms with Gasteiger partial charge in [0.1, 0.15) is 11.5 Å². The van der Waals surface area contributed by atoms with Gasteiger partial charge in [-0.1, -0.05) is 0 Å². The second-order valence-corrected chi connectivity index (χ2v) is 3.58. The zero-order valence-electron chi connectivity index (χ0n) is 10.1. The lowest BCUT2D eigenvalue weighted by Gasteiger charge is -2.10. The van der Waals surface area contributed by atoms with Crippen molar-refractivity contribution in [2.24, 2.45) is 0 Å². The molecule has 7 heteroatoms. The van der Waals surface area contributed by atoms with Gasteiger partial charge in [-0.15, -0.1) is 0 Å². The molecule has 1 aromatic carbocycles. The van der Waals surface area contributed by atoms with Crippen molar-refractivity contribution in [3.8, 4) is 11.5 Å². The summed E-state index contributed by atoms with van der Waals surface area (Å²) in [6, 6.07) is 4.08. The van der Waals surface area contributed by atoms with E-state index in [1.165, 1.54) is 25.1 Å². The van der Waals surface area contributed by atoms with E-state index in [0.717, 1.165) is 0 Å². The van der Waals surface area contributed by atoms with E-state index in [-0.39, 0.29) is 22.8 Å². The van der Waals surface area contributed by atoms with E-state index in [0.29, 0.717) is 0 Å². The minimum absolute atomic E-state index is 0.0396. The van der Waals surface area contributed by atoms with E-state index < -0.39 is 25.2 Å². The number of ether oxygens (including phenoxy) is 2. The van der Waals surface area contributed by atoms with Crippen LogP contribution in [0.15, 0.2) is 18.2 Å². The Morgan fingerprint density at radius 2 is 1.63 bits per heavy atom. The van der Waals surface area contributed by atoms with Crippen molar-refractivity contribution in [2.75, 3.05) is 13.2 Å². The maximum atomic E-state index is 11.3. The Bertz CT molecular complexity index is 507. The van der Waals surface area contributed by atoms with Crippen LogP contribution in [0.5, 0.6) is 11.5 Å². The normalized spacial score (nSPS) is 9.74. The number of benzene rings is 1. The monoisotopic (exact) mass is 268 g/mol. The largest absolute Gasteiger partial charge is 0.482 e. The van der Waals surface area contributed by atoms with E-state index in [1.54, 1.807) is 0 Å². The molecule has 0 spiro atoms. The number of aliphatic carboxylic acids is 2. The van der Waals surface area contributed by atoms with Crippen LogP contribution in [0, 0.1) is 0 Å². The highest BCUT2D eigenvalue weighted by Gasteiger charge is 2.12. The van der Waals surface area contributed by atoms with Gasteiger partial charge < -0.3 is 19.7 Å². The van der Waals surface area contributed by atoms with Crippen LogP contribution in [0.25, 0.3) is 0 Å². The summed E-state index contributed by atoms with van der Waals surface area (Å²) in [6.45, 7) is 0.154. The lowest BCUT2D eigenvalue weighted by Crippen LogP contribution is -2.12. The third kappa shape index (κ3) is 4.66. The molecule has 0 heterocycles. The van der Waals surface area contributed by atoms with Crippen molar-refractivity contribution in [1.29, 1.82) is 0 Å². The number of ketones is 1. The Morgan fingerprint density at radius 1 is 1.05 bits per heavy atom. The molecule has 0 aliphatic rings. The molecule has 19 heavy (non-hydrogen) atoms. The molecule has 2 N–H and O–H groups in total. The summed E-state index contributed by atoms with van der Waals surface area (Å²) in [5, 5.41) is 17.0. The molecule has 0 saturated heterocycles. The van der Waals surface area contributed by atoms with Crippen LogP contribution in [-0.4, -0.2) is 41.1 Å². The summed E-state index contributed by atoms with van der Waals surface area (Å²) in [6.07, 6.45) is 0. The number of rotatable bonds is 7. The predicted octanol–water partition coefficient (Wildman–Crippen LogP) is 0.816. The number of hydrogen-bond donors (Lipinski definition) is 2. The number of Topliss-reactive ketones (excluding diaryl/α,β-unsaturated/α-hetero) is 1. The van der Waals surface area contributed by atoms with Crippen molar-refractivity contribution in [3.63, 3.8) is 0 Å². The number of carboxylic acids is 2. The highest BCUT2D eigenvalue weighted by atomic mass is 16.5. The fourth-order valence-electron chi connectivity index (χ4n) is 1.29. The zero-order valence-corrected chi connectivity index (χ0v) is 10.1. The molecule has 1 aromatic rings. The third-order valence-electron chi connectivity index (χ3n) is 2.05. The summed E-state index contributed by atoms with van der Waals surface area (Å²) in [5.74, 6) is -2.43. The molecule has 0 saturated carbocycles. The molecule has 0 atom stereocenters. The van der Waals surface area contributed by atoms with Crippen LogP contribution in [0.1, 0.15) is 17.3 Å². The van der Waals surface area contributed by atoms with E-state index in [4.69, 9.17) is 19.7 Å². The summed E-state index contributed by atoms with van der Waals surface area (Å²) in [7, 11) is 0. The Kier molecular flexibility index (Phi) is 4.87. The summed E-state index contributed by atoms with van der Waals surface area (Å²) >= 11 is 0. The fraction of sp³-hybridized carbons (Fsp3) is 0.250. The molecule has 0 aliphatic carbocycles. The SMILES string of the molecule is CC(=O)c1ccc(OCC(=O)O)cc1OCC(=O)O. The second kappa shape index (κ2) is 6.39. The number of hydrogen-bond acceptors (Lipinski definition) is 5. The predicted molar refractivity (Wildman–Crippen MR) is 62.7 cm³/mol. The lowest BCUT2D eigenvalue weighted by molar-refractivity contribution is -0.140. The van der Waals surface area contributed by atoms with Gasteiger partial charge in [-0.3, -0.25) is 4.79 Å². The maximum Gasteiger partial charge on any atom is 0.341 e. The van der Waals surface area contributed by atoms with Gasteiger partial charge in [0.2, 0.25) is 0 Å². The quantitative estimate of drug-likeness (QED) is 0.704. The zero-order chi connectivity index (χ0) is 14.4. The average Bonchev–Trinajstić information content (AvgIpc) is 2.33. The maximum absolute atomic E-state index is 11.3. The van der Waals surface area contributed by atoms with Gasteiger partial charge in [0.15, 0.2) is 19.0 Å². The number of carboxylic acid groups (broad SMARTS) is 2. The summed E-state index contributed by atoms with van der Waals surface area (Å²) in [4.78, 5) is 32.1. The van der Waals surface area contributed by atoms with Crippen molar-refractivity contribution in [3.05, 3.63) is 23.8 Å². The van der Waals surface area contributed by atoms with Crippen molar-refractivity contribution >= 4 is 17.7 Å². The lowest BCUT2D eigenvalue weighted by atomic mass is 10.1. The average molecular weight is 268 g/mol. The molecule has 1 rings (SSSR count). The van der Waals surface area contributed by atoms with Gasteiger partial charge in [-0.2, -0.15) is 0 Å². The first-order chi connectivity index (χ1) is 8.90. The van der Waals surface area contributed by atoms with Gasteiger partial charge in [-0.05, 0) is 19.1 Å². The van der Waals surface area contributed by atoms with E-state index >= 15 is 0 Å². The Morgan fingerprint density at radius 3 is 2.16 bits per heavy atom. The molecule has 0 aliphatic heterocycles. The van der Waals surface area contributed by atoms with Crippen molar-refractivity contribution in [2.45, 2.75) is 6.92 Å². The minimum Gasteiger partial charge on any atom is -0.482 e. The first-order valence-electron chi connectivity index (χ1n) is 5.24. The molecule has 7 nitrogen and oxygen atoms in total. The summed E-state index contributed by atoms with van der Waals surface area (Å²) < 4.78 is 9.87. The highest BCUT2D eigenvalue weighted by molar-refractivity contribution is 5.97. The number of carbonyl (C=O) groups excluding carboxylic acids is 1. The van der Waals surface area contributed by atoms with Gasteiger partial charge in [0, 0.05) is 6.07 Å². The molecule has 0 fully saturated rings.